The SMILES string of the molecule is C=CCN1CCN(C(CCC)c2nnnn2Cc2ccc(F)cc2)CC1. The van der Waals surface area contributed by atoms with Crippen LogP contribution < -0.4 is 0 Å². The van der Waals surface area contributed by atoms with Gasteiger partial charge in [0, 0.05) is 32.7 Å². The largest absolute Gasteiger partial charge is 0.297 e. The van der Waals surface area contributed by atoms with Crippen LogP contribution in [0.1, 0.15) is 37.2 Å². The van der Waals surface area contributed by atoms with E-state index in [0.717, 1.165) is 57.0 Å². The highest BCUT2D eigenvalue weighted by Crippen LogP contribution is 2.25. The van der Waals surface area contributed by atoms with Crippen molar-refractivity contribution in [3.63, 3.8) is 0 Å². The zero-order chi connectivity index (χ0) is 18.4. The maximum absolute atomic E-state index is 13.1. The molecule has 0 aliphatic carbocycles. The fourth-order valence-electron chi connectivity index (χ4n) is 3.51. The smallest absolute Gasteiger partial charge is 0.168 e. The Morgan fingerprint density at radius 1 is 1.19 bits per heavy atom. The van der Waals surface area contributed by atoms with Crippen molar-refractivity contribution < 1.29 is 4.39 Å². The summed E-state index contributed by atoms with van der Waals surface area (Å²) in [6, 6.07) is 6.72. The normalized spacial score (nSPS) is 17.3. The minimum absolute atomic E-state index is 0.210. The van der Waals surface area contributed by atoms with E-state index in [1.807, 2.05) is 10.8 Å². The van der Waals surface area contributed by atoms with E-state index in [-0.39, 0.29) is 11.9 Å². The maximum atomic E-state index is 13.1. The number of rotatable bonds is 8. The minimum atomic E-state index is -0.230. The molecule has 0 N–H and O–H groups in total. The molecule has 1 aliphatic rings. The molecule has 0 radical (unpaired) electrons. The molecule has 1 unspecified atom stereocenters. The van der Waals surface area contributed by atoms with Gasteiger partial charge in [-0.15, -0.1) is 11.7 Å². The number of nitrogens with zero attached hydrogens (tertiary/aromatic N) is 6. The van der Waals surface area contributed by atoms with Crippen LogP contribution in [0.15, 0.2) is 36.9 Å². The fourth-order valence-corrected chi connectivity index (χ4v) is 3.51. The summed E-state index contributed by atoms with van der Waals surface area (Å²) in [7, 11) is 0. The molecule has 6 nitrogen and oxygen atoms in total. The van der Waals surface area contributed by atoms with Gasteiger partial charge in [0.05, 0.1) is 12.6 Å². The zero-order valence-corrected chi connectivity index (χ0v) is 15.4. The molecule has 1 saturated heterocycles. The lowest BCUT2D eigenvalue weighted by Crippen LogP contribution is -2.48. The molecule has 2 heterocycles. The van der Waals surface area contributed by atoms with Gasteiger partial charge in [-0.1, -0.05) is 31.6 Å². The second-order valence-corrected chi connectivity index (χ2v) is 6.75. The number of piperazine rings is 1. The van der Waals surface area contributed by atoms with Gasteiger partial charge in [-0.3, -0.25) is 9.80 Å². The molecule has 140 valence electrons. The van der Waals surface area contributed by atoms with Crippen molar-refractivity contribution in [2.75, 3.05) is 32.7 Å². The minimum Gasteiger partial charge on any atom is -0.297 e. The number of tetrazole rings is 1. The number of hydrogen-bond acceptors (Lipinski definition) is 5. The third-order valence-electron chi connectivity index (χ3n) is 4.90. The highest BCUT2D eigenvalue weighted by atomic mass is 19.1. The van der Waals surface area contributed by atoms with Crippen LogP contribution in [0.3, 0.4) is 0 Å². The predicted octanol–water partition coefficient (Wildman–Crippen LogP) is 2.51. The second-order valence-electron chi connectivity index (χ2n) is 6.75. The van der Waals surface area contributed by atoms with Gasteiger partial charge >= 0.3 is 0 Å². The third kappa shape index (κ3) is 4.53. The van der Waals surface area contributed by atoms with Crippen LogP contribution >= 0.6 is 0 Å². The van der Waals surface area contributed by atoms with E-state index < -0.39 is 0 Å². The molecular formula is C19H27FN6. The number of halogens is 1. The van der Waals surface area contributed by atoms with Crippen LogP contribution in [0.4, 0.5) is 4.39 Å². The van der Waals surface area contributed by atoms with Gasteiger partial charge in [0.2, 0.25) is 0 Å². The van der Waals surface area contributed by atoms with E-state index in [1.54, 1.807) is 12.1 Å². The van der Waals surface area contributed by atoms with Gasteiger partial charge in [0.1, 0.15) is 5.82 Å². The molecule has 26 heavy (non-hydrogen) atoms. The molecular weight excluding hydrogens is 331 g/mol. The van der Waals surface area contributed by atoms with E-state index in [1.165, 1.54) is 12.1 Å². The highest BCUT2D eigenvalue weighted by Gasteiger charge is 2.28. The number of aromatic nitrogens is 4. The molecule has 1 atom stereocenters. The Morgan fingerprint density at radius 3 is 2.58 bits per heavy atom. The van der Waals surface area contributed by atoms with Gasteiger partial charge in [-0.2, -0.15) is 0 Å². The maximum Gasteiger partial charge on any atom is 0.168 e. The summed E-state index contributed by atoms with van der Waals surface area (Å²) in [6.45, 7) is 11.6. The molecule has 0 spiro atoms. The van der Waals surface area contributed by atoms with Crippen LogP contribution in [0.5, 0.6) is 0 Å². The summed E-state index contributed by atoms with van der Waals surface area (Å²) in [6.07, 6.45) is 4.05. The first-order valence-corrected chi connectivity index (χ1v) is 9.29. The van der Waals surface area contributed by atoms with Crippen molar-refractivity contribution >= 4 is 0 Å². The Hall–Kier alpha value is -2.12. The summed E-state index contributed by atoms with van der Waals surface area (Å²) in [4.78, 5) is 4.89. The van der Waals surface area contributed by atoms with Crippen LogP contribution in [-0.4, -0.2) is 62.7 Å². The van der Waals surface area contributed by atoms with Gasteiger partial charge in [0.25, 0.3) is 0 Å². The Kier molecular flexibility index (Phi) is 6.46. The quantitative estimate of drug-likeness (QED) is 0.679. The first-order chi connectivity index (χ1) is 12.7. The first-order valence-electron chi connectivity index (χ1n) is 9.29. The Labute approximate surface area is 154 Å². The van der Waals surface area contributed by atoms with Crippen molar-refractivity contribution in [3.8, 4) is 0 Å². The molecule has 0 saturated carbocycles. The van der Waals surface area contributed by atoms with Crippen LogP contribution in [0, 0.1) is 5.82 Å². The van der Waals surface area contributed by atoms with E-state index in [0.29, 0.717) is 6.54 Å². The lowest BCUT2D eigenvalue weighted by Gasteiger charge is -2.38. The van der Waals surface area contributed by atoms with E-state index in [9.17, 15) is 4.39 Å². The monoisotopic (exact) mass is 358 g/mol. The zero-order valence-electron chi connectivity index (χ0n) is 15.4. The molecule has 1 aliphatic heterocycles. The second kappa shape index (κ2) is 9.00. The average Bonchev–Trinajstić information content (AvgIpc) is 3.10. The van der Waals surface area contributed by atoms with E-state index in [4.69, 9.17) is 0 Å². The lowest BCUT2D eigenvalue weighted by atomic mass is 10.1. The Morgan fingerprint density at radius 2 is 1.92 bits per heavy atom. The Bertz CT molecular complexity index is 690. The van der Waals surface area contributed by atoms with Crippen molar-refractivity contribution in [1.82, 2.24) is 30.0 Å². The standard InChI is InChI=1S/C19H27FN6/c1-3-5-18(25-13-11-24(10-4-2)12-14-25)19-21-22-23-26(19)15-16-6-8-17(20)9-7-16/h4,6-9,18H,2-3,5,10-15H2,1H3. The third-order valence-corrected chi connectivity index (χ3v) is 4.90. The van der Waals surface area contributed by atoms with Crippen LogP contribution in [-0.2, 0) is 6.54 Å². The summed E-state index contributed by atoms with van der Waals surface area (Å²) in [5, 5.41) is 12.4. The molecule has 1 aromatic heterocycles. The molecule has 1 fully saturated rings. The molecule has 3 rings (SSSR count). The van der Waals surface area contributed by atoms with Crippen molar-refractivity contribution in [2.24, 2.45) is 0 Å². The van der Waals surface area contributed by atoms with Gasteiger partial charge in [0.15, 0.2) is 5.82 Å². The summed E-state index contributed by atoms with van der Waals surface area (Å²) in [5.74, 6) is 0.667. The van der Waals surface area contributed by atoms with Crippen LogP contribution in [0.2, 0.25) is 0 Å². The summed E-state index contributed by atoms with van der Waals surface area (Å²) < 4.78 is 15.0. The number of benzene rings is 1. The topological polar surface area (TPSA) is 50.1 Å². The van der Waals surface area contributed by atoms with E-state index >= 15 is 0 Å². The van der Waals surface area contributed by atoms with Crippen LogP contribution in [0.25, 0.3) is 0 Å². The van der Waals surface area contributed by atoms with Gasteiger partial charge in [-0.05, 0) is 34.5 Å². The van der Waals surface area contributed by atoms with E-state index in [2.05, 4.69) is 38.8 Å². The van der Waals surface area contributed by atoms with Crippen molar-refractivity contribution in [3.05, 3.63) is 54.1 Å². The van der Waals surface area contributed by atoms with Gasteiger partial charge < -0.3 is 0 Å². The molecule has 2 aromatic rings. The summed E-state index contributed by atoms with van der Waals surface area (Å²) in [5.41, 5.74) is 0.992. The summed E-state index contributed by atoms with van der Waals surface area (Å²) >= 11 is 0. The molecule has 0 bridgehead atoms. The van der Waals surface area contributed by atoms with Crippen molar-refractivity contribution in [1.29, 1.82) is 0 Å². The number of hydrogen-bond donors (Lipinski definition) is 0. The van der Waals surface area contributed by atoms with Gasteiger partial charge in [-0.25, -0.2) is 9.07 Å². The lowest BCUT2D eigenvalue weighted by molar-refractivity contribution is 0.0923. The average molecular weight is 358 g/mol. The highest BCUT2D eigenvalue weighted by molar-refractivity contribution is 5.16. The fraction of sp³-hybridized carbons (Fsp3) is 0.526. The van der Waals surface area contributed by atoms with Crippen molar-refractivity contribution in [2.45, 2.75) is 32.4 Å². The molecule has 7 heteroatoms. The molecule has 1 aromatic carbocycles. The molecule has 0 amide bonds. The Balaban J connectivity index is 1.73. The first kappa shape index (κ1) is 18.7. The predicted molar refractivity (Wildman–Crippen MR) is 99.2 cm³/mol.